The molecule has 3 aromatic carbocycles. The Balaban J connectivity index is 1.39. The molecule has 0 aliphatic heterocycles. The van der Waals surface area contributed by atoms with E-state index in [4.69, 9.17) is 4.98 Å². The molecule has 2 N–H and O–H groups in total. The van der Waals surface area contributed by atoms with Crippen LogP contribution in [-0.4, -0.2) is 34.7 Å². The first-order valence-corrected chi connectivity index (χ1v) is 12.7. The van der Waals surface area contributed by atoms with Gasteiger partial charge in [0.15, 0.2) is 5.13 Å². The molecule has 35 heavy (non-hydrogen) atoms. The lowest BCUT2D eigenvalue weighted by Crippen LogP contribution is -2.51. The lowest BCUT2D eigenvalue weighted by Gasteiger charge is -2.34. The standard InChI is InChI=1S/C28H27N3O3S/c32-26(33)21-17-22(18-21)29-27(34)31(28-30-24-13-7-8-14-25(24)35-28)16-15-23(19-9-3-1-4-10-19)20-11-5-2-6-12-20/h1-14,21-23H,15-18H2,(H,29,34)(H,32,33). The minimum Gasteiger partial charge on any atom is -0.481 e. The van der Waals surface area contributed by atoms with Gasteiger partial charge in [0, 0.05) is 18.5 Å². The molecule has 0 atom stereocenters. The third kappa shape index (κ3) is 5.20. The van der Waals surface area contributed by atoms with Crippen LogP contribution >= 0.6 is 11.3 Å². The Kier molecular flexibility index (Phi) is 6.77. The molecule has 4 aromatic rings. The second-order valence-electron chi connectivity index (χ2n) is 8.93. The molecule has 178 valence electrons. The Hall–Kier alpha value is -3.71. The van der Waals surface area contributed by atoms with Gasteiger partial charge in [0.25, 0.3) is 0 Å². The third-order valence-corrected chi connectivity index (χ3v) is 7.68. The minimum atomic E-state index is -0.799. The zero-order valence-corrected chi connectivity index (χ0v) is 20.0. The summed E-state index contributed by atoms with van der Waals surface area (Å²) >= 11 is 1.50. The van der Waals surface area contributed by atoms with Gasteiger partial charge in [-0.05, 0) is 42.5 Å². The Morgan fingerprint density at radius 1 is 0.943 bits per heavy atom. The highest BCUT2D eigenvalue weighted by Gasteiger charge is 2.36. The van der Waals surface area contributed by atoms with Crippen molar-refractivity contribution in [2.75, 3.05) is 11.4 Å². The van der Waals surface area contributed by atoms with Crippen LogP contribution < -0.4 is 10.2 Å². The number of urea groups is 1. The van der Waals surface area contributed by atoms with E-state index in [0.29, 0.717) is 24.5 Å². The molecule has 1 fully saturated rings. The lowest BCUT2D eigenvalue weighted by atomic mass is 9.80. The van der Waals surface area contributed by atoms with E-state index in [1.165, 1.54) is 22.5 Å². The van der Waals surface area contributed by atoms with Crippen LogP contribution in [0.15, 0.2) is 84.9 Å². The smallest absolute Gasteiger partial charge is 0.323 e. The van der Waals surface area contributed by atoms with Gasteiger partial charge in [0.1, 0.15) is 0 Å². The van der Waals surface area contributed by atoms with Crippen molar-refractivity contribution in [3.8, 4) is 0 Å². The maximum Gasteiger partial charge on any atom is 0.323 e. The Labute approximate surface area is 208 Å². The normalized spacial score (nSPS) is 17.2. The van der Waals surface area contributed by atoms with Crippen LogP contribution in [0.1, 0.15) is 36.3 Å². The number of rotatable bonds is 8. The van der Waals surface area contributed by atoms with Crippen molar-refractivity contribution >= 4 is 38.7 Å². The number of fused-ring (bicyclic) bond motifs is 1. The number of para-hydroxylation sites is 1. The number of benzene rings is 3. The Morgan fingerprint density at radius 3 is 2.14 bits per heavy atom. The van der Waals surface area contributed by atoms with E-state index in [0.717, 1.165) is 16.6 Å². The summed E-state index contributed by atoms with van der Waals surface area (Å²) in [5.41, 5.74) is 3.26. The molecule has 5 rings (SSSR count). The first kappa shape index (κ1) is 23.1. The van der Waals surface area contributed by atoms with Crippen molar-refractivity contribution in [2.45, 2.75) is 31.2 Å². The van der Waals surface area contributed by atoms with Crippen LogP contribution in [0.2, 0.25) is 0 Å². The second kappa shape index (κ2) is 10.3. The summed E-state index contributed by atoms with van der Waals surface area (Å²) in [6.45, 7) is 0.481. The molecule has 1 aliphatic carbocycles. The topological polar surface area (TPSA) is 82.5 Å². The molecule has 1 aliphatic rings. The van der Waals surface area contributed by atoms with E-state index in [-0.39, 0.29) is 23.9 Å². The van der Waals surface area contributed by atoms with E-state index in [1.54, 1.807) is 4.90 Å². The lowest BCUT2D eigenvalue weighted by molar-refractivity contribution is -0.145. The zero-order valence-electron chi connectivity index (χ0n) is 19.2. The maximum absolute atomic E-state index is 13.4. The summed E-state index contributed by atoms with van der Waals surface area (Å²) in [4.78, 5) is 31.1. The molecule has 0 saturated heterocycles. The largest absolute Gasteiger partial charge is 0.481 e. The van der Waals surface area contributed by atoms with Crippen molar-refractivity contribution in [1.29, 1.82) is 0 Å². The van der Waals surface area contributed by atoms with Crippen molar-refractivity contribution in [3.05, 3.63) is 96.1 Å². The van der Waals surface area contributed by atoms with E-state index >= 15 is 0 Å². The van der Waals surface area contributed by atoms with Crippen LogP contribution in [-0.2, 0) is 4.79 Å². The highest BCUT2D eigenvalue weighted by atomic mass is 32.1. The number of carbonyl (C=O) groups excluding carboxylic acids is 1. The van der Waals surface area contributed by atoms with Gasteiger partial charge in [-0.2, -0.15) is 0 Å². The fourth-order valence-electron chi connectivity index (χ4n) is 4.60. The second-order valence-corrected chi connectivity index (χ2v) is 9.94. The van der Waals surface area contributed by atoms with Crippen molar-refractivity contribution < 1.29 is 14.7 Å². The van der Waals surface area contributed by atoms with E-state index in [2.05, 4.69) is 29.6 Å². The number of hydrogen-bond donors (Lipinski definition) is 2. The van der Waals surface area contributed by atoms with Gasteiger partial charge in [0.2, 0.25) is 0 Å². The van der Waals surface area contributed by atoms with E-state index < -0.39 is 5.97 Å². The predicted molar refractivity (Wildman–Crippen MR) is 139 cm³/mol. The number of carboxylic acid groups (broad SMARTS) is 1. The molecule has 0 bridgehead atoms. The van der Waals surface area contributed by atoms with E-state index in [1.807, 2.05) is 60.7 Å². The van der Waals surface area contributed by atoms with Gasteiger partial charge in [-0.1, -0.05) is 84.1 Å². The molecular formula is C28H27N3O3S. The SMILES string of the molecule is O=C(O)C1CC(NC(=O)N(CCC(c2ccccc2)c2ccccc2)c2nc3ccccc3s2)C1. The van der Waals surface area contributed by atoms with Gasteiger partial charge in [0.05, 0.1) is 16.1 Å². The van der Waals surface area contributed by atoms with Crippen molar-refractivity contribution in [1.82, 2.24) is 10.3 Å². The number of carboxylic acids is 1. The molecular weight excluding hydrogens is 458 g/mol. The summed E-state index contributed by atoms with van der Waals surface area (Å²) in [7, 11) is 0. The third-order valence-electron chi connectivity index (χ3n) is 6.62. The molecule has 0 spiro atoms. The molecule has 2 amide bonds. The average Bonchev–Trinajstić information content (AvgIpc) is 3.28. The number of nitrogens with one attached hydrogen (secondary N) is 1. The van der Waals surface area contributed by atoms with Gasteiger partial charge in [-0.3, -0.25) is 9.69 Å². The molecule has 0 radical (unpaired) electrons. The number of amides is 2. The quantitative estimate of drug-likeness (QED) is 0.326. The summed E-state index contributed by atoms with van der Waals surface area (Å²) < 4.78 is 1.03. The number of nitrogens with zero attached hydrogens (tertiary/aromatic N) is 2. The summed E-state index contributed by atoms with van der Waals surface area (Å²) in [6.07, 6.45) is 1.65. The number of hydrogen-bond acceptors (Lipinski definition) is 4. The molecule has 7 heteroatoms. The predicted octanol–water partition coefficient (Wildman–Crippen LogP) is 5.90. The molecule has 6 nitrogen and oxygen atoms in total. The zero-order chi connectivity index (χ0) is 24.2. The van der Waals surface area contributed by atoms with Gasteiger partial charge in [-0.15, -0.1) is 0 Å². The highest BCUT2D eigenvalue weighted by molar-refractivity contribution is 7.22. The summed E-state index contributed by atoms with van der Waals surface area (Å²) in [5.74, 6) is -1.05. The number of thiazole rings is 1. The number of aromatic nitrogens is 1. The maximum atomic E-state index is 13.4. The van der Waals surface area contributed by atoms with Gasteiger partial charge < -0.3 is 10.4 Å². The van der Waals surface area contributed by atoms with Crippen LogP contribution in [0.4, 0.5) is 9.93 Å². The monoisotopic (exact) mass is 485 g/mol. The summed E-state index contributed by atoms with van der Waals surface area (Å²) in [6, 6.07) is 28.2. The first-order chi connectivity index (χ1) is 17.1. The fourth-order valence-corrected chi connectivity index (χ4v) is 5.59. The molecule has 1 heterocycles. The van der Waals surface area contributed by atoms with Gasteiger partial charge >= 0.3 is 12.0 Å². The van der Waals surface area contributed by atoms with Crippen LogP contribution in [0, 0.1) is 5.92 Å². The van der Waals surface area contributed by atoms with Crippen LogP contribution in [0.3, 0.4) is 0 Å². The highest BCUT2D eigenvalue weighted by Crippen LogP contribution is 2.33. The minimum absolute atomic E-state index is 0.125. The van der Waals surface area contributed by atoms with Crippen LogP contribution in [0.25, 0.3) is 10.2 Å². The fraction of sp³-hybridized carbons (Fsp3) is 0.250. The molecule has 0 unspecified atom stereocenters. The number of anilines is 1. The van der Waals surface area contributed by atoms with E-state index in [9.17, 15) is 14.7 Å². The summed E-state index contributed by atoms with van der Waals surface area (Å²) in [5, 5.41) is 12.9. The van der Waals surface area contributed by atoms with Crippen molar-refractivity contribution in [2.24, 2.45) is 5.92 Å². The molecule has 1 saturated carbocycles. The molecule has 1 aromatic heterocycles. The Morgan fingerprint density at radius 2 is 1.54 bits per heavy atom. The van der Waals surface area contributed by atoms with Gasteiger partial charge in [-0.25, -0.2) is 9.78 Å². The van der Waals surface area contributed by atoms with Crippen LogP contribution in [0.5, 0.6) is 0 Å². The average molecular weight is 486 g/mol. The Bertz CT molecular complexity index is 1230. The van der Waals surface area contributed by atoms with Crippen molar-refractivity contribution in [3.63, 3.8) is 0 Å². The number of aliphatic carboxylic acids is 1. The number of carbonyl (C=O) groups is 2. The first-order valence-electron chi connectivity index (χ1n) is 11.8.